The third-order valence-electron chi connectivity index (χ3n) is 4.40. The van der Waals surface area contributed by atoms with Gasteiger partial charge >= 0.3 is 0 Å². The average molecular weight is 391 g/mol. The van der Waals surface area contributed by atoms with Crippen molar-refractivity contribution in [3.63, 3.8) is 0 Å². The summed E-state index contributed by atoms with van der Waals surface area (Å²) < 4.78 is 34.0. The van der Waals surface area contributed by atoms with Gasteiger partial charge in [-0.05, 0) is 69.0 Å². The molecule has 0 atom stereocenters. The molecule has 0 aromatic heterocycles. The summed E-state index contributed by atoms with van der Waals surface area (Å²) in [5.74, 6) is 0.181. The third-order valence-corrected chi connectivity index (χ3v) is 6.05. The molecule has 6 nitrogen and oxygen atoms in total. The van der Waals surface area contributed by atoms with Gasteiger partial charge in [0.2, 0.25) is 0 Å². The van der Waals surface area contributed by atoms with E-state index in [4.69, 9.17) is 4.74 Å². The van der Waals surface area contributed by atoms with Gasteiger partial charge in [-0.3, -0.25) is 9.52 Å². The van der Waals surface area contributed by atoms with Crippen molar-refractivity contribution >= 4 is 21.6 Å². The van der Waals surface area contributed by atoms with E-state index in [9.17, 15) is 13.2 Å². The minimum Gasteiger partial charge on any atom is -0.484 e. The van der Waals surface area contributed by atoms with Crippen molar-refractivity contribution < 1.29 is 17.9 Å². The SMILES string of the molecule is CCNC(=O)COc1cccc(NS(=O)(=O)c2c(C)c(C)cc(C)c2C)c1. The Kier molecular flexibility index (Phi) is 6.49. The minimum absolute atomic E-state index is 0.126. The van der Waals surface area contributed by atoms with E-state index in [0.29, 0.717) is 22.9 Å². The van der Waals surface area contributed by atoms with E-state index in [1.807, 2.05) is 40.7 Å². The average Bonchev–Trinajstić information content (AvgIpc) is 2.58. The van der Waals surface area contributed by atoms with E-state index in [2.05, 4.69) is 10.0 Å². The number of carbonyl (C=O) groups excluding carboxylic acids is 1. The van der Waals surface area contributed by atoms with Crippen LogP contribution in [0.25, 0.3) is 0 Å². The molecule has 2 rings (SSSR count). The van der Waals surface area contributed by atoms with E-state index in [0.717, 1.165) is 22.3 Å². The molecule has 0 bridgehead atoms. The lowest BCUT2D eigenvalue weighted by Gasteiger charge is -2.17. The van der Waals surface area contributed by atoms with Gasteiger partial charge in [0.25, 0.3) is 15.9 Å². The summed E-state index contributed by atoms with van der Waals surface area (Å²) in [5.41, 5.74) is 3.69. The molecule has 0 aliphatic carbocycles. The molecule has 0 unspecified atom stereocenters. The maximum Gasteiger partial charge on any atom is 0.262 e. The second kappa shape index (κ2) is 8.43. The van der Waals surface area contributed by atoms with Gasteiger partial charge in [0.1, 0.15) is 5.75 Å². The van der Waals surface area contributed by atoms with Gasteiger partial charge in [0.05, 0.1) is 10.6 Å². The summed E-state index contributed by atoms with van der Waals surface area (Å²) in [6, 6.07) is 8.53. The number of anilines is 1. The third kappa shape index (κ3) is 5.01. The molecule has 146 valence electrons. The van der Waals surface area contributed by atoms with Crippen molar-refractivity contribution in [1.29, 1.82) is 0 Å². The number of carbonyl (C=O) groups is 1. The molecule has 2 N–H and O–H groups in total. The molecule has 0 aliphatic rings. The largest absolute Gasteiger partial charge is 0.484 e. The predicted molar refractivity (Wildman–Crippen MR) is 107 cm³/mol. The van der Waals surface area contributed by atoms with Crippen LogP contribution in [0.15, 0.2) is 35.2 Å². The smallest absolute Gasteiger partial charge is 0.262 e. The first kappa shape index (κ1) is 20.8. The Morgan fingerprint density at radius 2 is 1.67 bits per heavy atom. The molecule has 0 aliphatic heterocycles. The molecule has 2 aromatic rings. The zero-order chi connectivity index (χ0) is 20.2. The summed E-state index contributed by atoms with van der Waals surface area (Å²) >= 11 is 0. The van der Waals surface area contributed by atoms with Crippen LogP contribution in [-0.2, 0) is 14.8 Å². The van der Waals surface area contributed by atoms with Crippen LogP contribution in [0, 0.1) is 27.7 Å². The van der Waals surface area contributed by atoms with Gasteiger partial charge < -0.3 is 10.1 Å². The normalized spacial score (nSPS) is 11.1. The van der Waals surface area contributed by atoms with E-state index >= 15 is 0 Å². The Labute approximate surface area is 161 Å². The van der Waals surface area contributed by atoms with Gasteiger partial charge in [0.15, 0.2) is 6.61 Å². The number of rotatable bonds is 7. The zero-order valence-corrected chi connectivity index (χ0v) is 17.2. The zero-order valence-electron chi connectivity index (χ0n) is 16.3. The van der Waals surface area contributed by atoms with Crippen LogP contribution in [0.4, 0.5) is 5.69 Å². The van der Waals surface area contributed by atoms with Crippen molar-refractivity contribution in [2.24, 2.45) is 0 Å². The van der Waals surface area contributed by atoms with E-state index in [-0.39, 0.29) is 12.5 Å². The van der Waals surface area contributed by atoms with Crippen LogP contribution < -0.4 is 14.8 Å². The molecule has 0 saturated heterocycles. The summed E-state index contributed by atoms with van der Waals surface area (Å²) in [4.78, 5) is 11.8. The number of hydrogen-bond acceptors (Lipinski definition) is 4. The van der Waals surface area contributed by atoms with E-state index in [1.165, 1.54) is 0 Å². The van der Waals surface area contributed by atoms with Crippen LogP contribution in [0.2, 0.25) is 0 Å². The number of nitrogens with one attached hydrogen (secondary N) is 2. The molecule has 7 heteroatoms. The highest BCUT2D eigenvalue weighted by molar-refractivity contribution is 7.92. The fourth-order valence-corrected chi connectivity index (χ4v) is 4.50. The Bertz CT molecular complexity index is 926. The molecule has 0 fully saturated rings. The Balaban J connectivity index is 2.27. The molecular weight excluding hydrogens is 364 g/mol. The highest BCUT2D eigenvalue weighted by atomic mass is 32.2. The maximum atomic E-state index is 13.0. The van der Waals surface area contributed by atoms with Gasteiger partial charge in [-0.15, -0.1) is 0 Å². The fraction of sp³-hybridized carbons (Fsp3) is 0.350. The lowest BCUT2D eigenvalue weighted by atomic mass is 10.0. The fourth-order valence-electron chi connectivity index (χ4n) is 2.84. The number of benzene rings is 2. The summed E-state index contributed by atoms with van der Waals surface area (Å²) in [5, 5.41) is 2.64. The summed E-state index contributed by atoms with van der Waals surface area (Å²) in [7, 11) is -3.76. The first-order valence-electron chi connectivity index (χ1n) is 8.75. The van der Waals surface area contributed by atoms with Crippen LogP contribution in [0.3, 0.4) is 0 Å². The van der Waals surface area contributed by atoms with Gasteiger partial charge in [-0.2, -0.15) is 0 Å². The lowest BCUT2D eigenvalue weighted by molar-refractivity contribution is -0.122. The van der Waals surface area contributed by atoms with Gasteiger partial charge in [-0.1, -0.05) is 12.1 Å². The van der Waals surface area contributed by atoms with Gasteiger partial charge in [-0.25, -0.2) is 8.42 Å². The van der Waals surface area contributed by atoms with Crippen LogP contribution >= 0.6 is 0 Å². The maximum absolute atomic E-state index is 13.0. The highest BCUT2D eigenvalue weighted by Gasteiger charge is 2.22. The second-order valence-corrected chi connectivity index (χ2v) is 8.08. The number of ether oxygens (including phenoxy) is 1. The van der Waals surface area contributed by atoms with Crippen molar-refractivity contribution in [2.45, 2.75) is 39.5 Å². The van der Waals surface area contributed by atoms with Crippen LogP contribution in [0.1, 0.15) is 29.2 Å². The highest BCUT2D eigenvalue weighted by Crippen LogP contribution is 2.28. The predicted octanol–water partition coefficient (Wildman–Crippen LogP) is 3.24. The first-order chi connectivity index (χ1) is 12.7. The van der Waals surface area contributed by atoms with E-state index in [1.54, 1.807) is 24.3 Å². The lowest BCUT2D eigenvalue weighted by Crippen LogP contribution is -2.28. The number of likely N-dealkylation sites (N-methyl/N-ethyl adjacent to an activating group) is 1. The van der Waals surface area contributed by atoms with Crippen molar-refractivity contribution in [1.82, 2.24) is 5.32 Å². The summed E-state index contributed by atoms with van der Waals surface area (Å²) in [6.45, 7) is 9.64. The first-order valence-corrected chi connectivity index (χ1v) is 10.2. The quantitative estimate of drug-likeness (QED) is 0.760. The number of aryl methyl sites for hydroxylation is 2. The van der Waals surface area contributed by atoms with Crippen molar-refractivity contribution in [2.75, 3.05) is 17.9 Å². The molecule has 0 spiro atoms. The summed E-state index contributed by atoms with van der Waals surface area (Å²) in [6.07, 6.45) is 0. The number of hydrogen-bond donors (Lipinski definition) is 2. The Morgan fingerprint density at radius 3 is 2.26 bits per heavy atom. The van der Waals surface area contributed by atoms with E-state index < -0.39 is 10.0 Å². The molecular formula is C20H26N2O4S. The molecule has 0 radical (unpaired) electrons. The van der Waals surface area contributed by atoms with Gasteiger partial charge in [0, 0.05) is 12.6 Å². The Hall–Kier alpha value is -2.54. The monoisotopic (exact) mass is 390 g/mol. The minimum atomic E-state index is -3.76. The standard InChI is InChI=1S/C20H26N2O4S/c1-6-21-19(23)12-26-18-9-7-8-17(11-18)22-27(24,25)20-15(4)13(2)10-14(3)16(20)5/h7-11,22H,6,12H2,1-5H3,(H,21,23). The molecule has 2 aromatic carbocycles. The van der Waals surface area contributed by atoms with Crippen LogP contribution in [-0.4, -0.2) is 27.5 Å². The topological polar surface area (TPSA) is 84.5 Å². The number of sulfonamides is 1. The molecule has 0 saturated carbocycles. The molecule has 1 amide bonds. The molecule has 0 heterocycles. The van der Waals surface area contributed by atoms with Crippen LogP contribution in [0.5, 0.6) is 5.75 Å². The number of amides is 1. The Morgan fingerprint density at radius 1 is 1.04 bits per heavy atom. The molecule has 27 heavy (non-hydrogen) atoms. The second-order valence-electron chi connectivity index (χ2n) is 6.46. The van der Waals surface area contributed by atoms with Crippen molar-refractivity contribution in [3.8, 4) is 5.75 Å². The van der Waals surface area contributed by atoms with Crippen molar-refractivity contribution in [3.05, 3.63) is 52.6 Å².